The fraction of sp³-hybridized carbons (Fsp3) is 0.364. The summed E-state index contributed by atoms with van der Waals surface area (Å²) in [6, 6.07) is 6.14. The van der Waals surface area contributed by atoms with Crippen molar-refractivity contribution in [3.05, 3.63) is 28.8 Å². The molecule has 0 aliphatic carbocycles. The third-order valence-corrected chi connectivity index (χ3v) is 4.41. The molecule has 0 unspecified atom stereocenters. The molecular weight excluding hydrogens is 274 g/mol. The first kappa shape index (κ1) is 14.8. The Hall–Kier alpha value is -1.29. The number of benzene rings is 1. The summed E-state index contributed by atoms with van der Waals surface area (Å²) in [5, 5.41) is 8.88. The second-order valence-electron chi connectivity index (χ2n) is 4.02. The van der Waals surface area contributed by atoms with Crippen LogP contribution in [0.15, 0.2) is 18.2 Å². The van der Waals surface area contributed by atoms with Gasteiger partial charge in [0, 0.05) is 13.1 Å². The van der Waals surface area contributed by atoms with E-state index in [-0.39, 0.29) is 16.8 Å². The summed E-state index contributed by atoms with van der Waals surface area (Å²) in [5.74, 6) is 0. The molecule has 0 radical (unpaired) electrons. The lowest BCUT2D eigenvalue weighted by molar-refractivity contribution is 0.414. The van der Waals surface area contributed by atoms with Gasteiger partial charge in [-0.3, -0.25) is 4.72 Å². The Kier molecular flexibility index (Phi) is 4.57. The van der Waals surface area contributed by atoms with E-state index in [0.29, 0.717) is 5.56 Å². The molecule has 0 saturated carbocycles. The van der Waals surface area contributed by atoms with E-state index >= 15 is 0 Å². The number of nitrogens with one attached hydrogen (secondary N) is 1. The van der Waals surface area contributed by atoms with Crippen LogP contribution >= 0.6 is 11.6 Å². The van der Waals surface area contributed by atoms with Gasteiger partial charge in [-0.05, 0) is 32.0 Å². The number of nitriles is 1. The first-order valence-corrected chi connectivity index (χ1v) is 7.05. The maximum atomic E-state index is 11.9. The lowest BCUT2D eigenvalue weighted by atomic mass is 10.2. The van der Waals surface area contributed by atoms with Gasteiger partial charge in [0.05, 0.1) is 22.3 Å². The molecule has 0 bridgehead atoms. The quantitative estimate of drug-likeness (QED) is 0.923. The molecule has 0 amide bonds. The zero-order valence-electron chi connectivity index (χ0n) is 10.3. The van der Waals surface area contributed by atoms with E-state index in [2.05, 4.69) is 4.72 Å². The summed E-state index contributed by atoms with van der Waals surface area (Å²) >= 11 is 5.90. The van der Waals surface area contributed by atoms with Crippen LogP contribution in [0.2, 0.25) is 5.02 Å². The maximum absolute atomic E-state index is 11.9. The van der Waals surface area contributed by atoms with Crippen LogP contribution in [-0.2, 0) is 10.2 Å². The predicted octanol–water partition coefficient (Wildman–Crippen LogP) is 2.21. The molecule has 98 valence electrons. The van der Waals surface area contributed by atoms with Crippen molar-refractivity contribution in [2.45, 2.75) is 19.9 Å². The van der Waals surface area contributed by atoms with Gasteiger partial charge in [0.2, 0.25) is 0 Å². The molecule has 18 heavy (non-hydrogen) atoms. The summed E-state index contributed by atoms with van der Waals surface area (Å²) in [5.41, 5.74) is 0.628. The van der Waals surface area contributed by atoms with Gasteiger partial charge >= 0.3 is 10.2 Å². The van der Waals surface area contributed by atoms with Crippen molar-refractivity contribution in [3.63, 3.8) is 0 Å². The highest BCUT2D eigenvalue weighted by molar-refractivity contribution is 7.90. The van der Waals surface area contributed by atoms with E-state index in [1.54, 1.807) is 13.8 Å². The largest absolute Gasteiger partial charge is 0.301 e. The minimum Gasteiger partial charge on any atom is -0.269 e. The Morgan fingerprint density at radius 1 is 1.44 bits per heavy atom. The summed E-state index contributed by atoms with van der Waals surface area (Å²) in [6.07, 6.45) is 0. The van der Waals surface area contributed by atoms with Crippen molar-refractivity contribution < 1.29 is 8.42 Å². The van der Waals surface area contributed by atoms with Gasteiger partial charge in [-0.2, -0.15) is 18.0 Å². The zero-order valence-corrected chi connectivity index (χ0v) is 11.9. The number of nitrogens with zero attached hydrogens (tertiary/aromatic N) is 2. The molecule has 0 heterocycles. The summed E-state index contributed by atoms with van der Waals surface area (Å²) < 4.78 is 27.5. The van der Waals surface area contributed by atoms with E-state index < -0.39 is 10.2 Å². The van der Waals surface area contributed by atoms with Gasteiger partial charge in [-0.1, -0.05) is 11.6 Å². The van der Waals surface area contributed by atoms with Gasteiger partial charge in [0.25, 0.3) is 0 Å². The normalized spacial score (nSPS) is 11.6. The van der Waals surface area contributed by atoms with Crippen molar-refractivity contribution in [1.82, 2.24) is 4.31 Å². The molecular formula is C11H14ClN3O2S. The zero-order chi connectivity index (χ0) is 13.9. The molecule has 0 fully saturated rings. The molecule has 5 nitrogen and oxygen atoms in total. The third-order valence-electron chi connectivity index (χ3n) is 2.44. The predicted molar refractivity (Wildman–Crippen MR) is 71.6 cm³/mol. The number of hydrogen-bond acceptors (Lipinski definition) is 3. The van der Waals surface area contributed by atoms with Crippen LogP contribution in [-0.4, -0.2) is 25.8 Å². The van der Waals surface area contributed by atoms with Crippen LogP contribution in [0, 0.1) is 11.3 Å². The highest BCUT2D eigenvalue weighted by Crippen LogP contribution is 2.24. The molecule has 7 heteroatoms. The lowest BCUT2D eigenvalue weighted by Gasteiger charge is -2.22. The summed E-state index contributed by atoms with van der Waals surface area (Å²) in [4.78, 5) is 0. The van der Waals surface area contributed by atoms with Crippen LogP contribution in [0.1, 0.15) is 19.4 Å². The van der Waals surface area contributed by atoms with Gasteiger partial charge in [0.1, 0.15) is 0 Å². The van der Waals surface area contributed by atoms with Gasteiger partial charge in [-0.25, -0.2) is 0 Å². The molecule has 1 aromatic carbocycles. The molecule has 0 aliphatic heterocycles. The van der Waals surface area contributed by atoms with E-state index in [9.17, 15) is 8.42 Å². The van der Waals surface area contributed by atoms with Crippen LogP contribution in [0.25, 0.3) is 0 Å². The van der Waals surface area contributed by atoms with Crippen LogP contribution in [0.4, 0.5) is 5.69 Å². The molecule has 1 aromatic rings. The molecule has 0 aliphatic rings. The van der Waals surface area contributed by atoms with Crippen molar-refractivity contribution in [2.75, 3.05) is 11.8 Å². The van der Waals surface area contributed by atoms with Crippen molar-refractivity contribution >= 4 is 27.5 Å². The fourth-order valence-electron chi connectivity index (χ4n) is 1.16. The Bertz CT molecular complexity index is 578. The number of anilines is 1. The molecule has 1 rings (SSSR count). The van der Waals surface area contributed by atoms with Gasteiger partial charge < -0.3 is 0 Å². The number of halogens is 1. The summed E-state index contributed by atoms with van der Waals surface area (Å²) in [6.45, 7) is 3.53. The Balaban J connectivity index is 3.02. The topological polar surface area (TPSA) is 73.2 Å². The van der Waals surface area contributed by atoms with E-state index in [1.807, 2.05) is 6.07 Å². The minimum absolute atomic E-state index is 0.167. The summed E-state index contributed by atoms with van der Waals surface area (Å²) in [7, 11) is -2.16. The average Bonchev–Trinajstić information content (AvgIpc) is 2.30. The number of rotatable bonds is 4. The molecule has 0 saturated heterocycles. The Morgan fingerprint density at radius 3 is 2.50 bits per heavy atom. The molecule has 1 N–H and O–H groups in total. The first-order chi connectivity index (χ1) is 8.27. The first-order valence-electron chi connectivity index (χ1n) is 5.23. The smallest absolute Gasteiger partial charge is 0.269 e. The van der Waals surface area contributed by atoms with Crippen LogP contribution in [0.5, 0.6) is 0 Å². The van der Waals surface area contributed by atoms with E-state index in [0.717, 1.165) is 0 Å². The van der Waals surface area contributed by atoms with Gasteiger partial charge in [-0.15, -0.1) is 0 Å². The minimum atomic E-state index is -3.64. The average molecular weight is 288 g/mol. The van der Waals surface area contributed by atoms with Crippen molar-refractivity contribution in [3.8, 4) is 6.07 Å². The lowest BCUT2D eigenvalue weighted by Crippen LogP contribution is -2.37. The second kappa shape index (κ2) is 5.57. The highest BCUT2D eigenvalue weighted by atomic mass is 35.5. The fourth-order valence-corrected chi connectivity index (χ4v) is 2.59. The SMILES string of the molecule is CC(C)N(C)S(=O)(=O)Nc1ccc(C#N)cc1Cl. The van der Waals surface area contributed by atoms with Crippen molar-refractivity contribution in [2.24, 2.45) is 0 Å². The van der Waals surface area contributed by atoms with Crippen LogP contribution < -0.4 is 4.72 Å². The monoisotopic (exact) mass is 287 g/mol. The highest BCUT2D eigenvalue weighted by Gasteiger charge is 2.21. The third kappa shape index (κ3) is 3.35. The van der Waals surface area contributed by atoms with Gasteiger partial charge in [0.15, 0.2) is 0 Å². The molecule has 0 atom stereocenters. The molecule has 0 spiro atoms. The molecule has 0 aromatic heterocycles. The number of hydrogen-bond donors (Lipinski definition) is 1. The van der Waals surface area contributed by atoms with E-state index in [4.69, 9.17) is 16.9 Å². The van der Waals surface area contributed by atoms with Crippen LogP contribution in [0.3, 0.4) is 0 Å². The second-order valence-corrected chi connectivity index (χ2v) is 6.16. The van der Waals surface area contributed by atoms with E-state index in [1.165, 1.54) is 29.6 Å². The van der Waals surface area contributed by atoms with Crippen molar-refractivity contribution in [1.29, 1.82) is 5.26 Å². The Morgan fingerprint density at radius 2 is 2.06 bits per heavy atom. The Labute approximate surface area is 112 Å². The maximum Gasteiger partial charge on any atom is 0.301 e. The standard InChI is InChI=1S/C11H14ClN3O2S/c1-8(2)15(3)18(16,17)14-11-5-4-9(7-13)6-10(11)12/h4-6,8,14H,1-3H3.